The van der Waals surface area contributed by atoms with Crippen LogP contribution in [0.1, 0.15) is 0 Å². The fourth-order valence-corrected chi connectivity index (χ4v) is 5.79. The first-order chi connectivity index (χ1) is 20.5. The molecule has 0 radical (unpaired) electrons. The quantitative estimate of drug-likeness (QED) is 0.119. The van der Waals surface area contributed by atoms with Crippen molar-refractivity contribution in [3.63, 3.8) is 0 Å². The molecule has 2 saturated heterocycles. The van der Waals surface area contributed by atoms with E-state index in [1.807, 2.05) is 0 Å². The van der Waals surface area contributed by atoms with Crippen LogP contribution in [0.4, 0.5) is 11.5 Å². The molecule has 3 heterocycles. The van der Waals surface area contributed by atoms with E-state index in [2.05, 4.69) is 20.0 Å². The van der Waals surface area contributed by atoms with Crippen LogP contribution >= 0.6 is 0 Å². The molecular weight excluding hydrogens is 592 g/mol. The summed E-state index contributed by atoms with van der Waals surface area (Å²) < 4.78 is 44.7. The monoisotopic (exact) mass is 624 g/mol. The average Bonchev–Trinajstić information content (AvgIpc) is 3.00. The Bertz CT molecular complexity index is 1490. The zero-order valence-electron chi connectivity index (χ0n) is 22.4. The van der Waals surface area contributed by atoms with Crippen LogP contribution in [0, 0.1) is 0 Å². The second kappa shape index (κ2) is 12.9. The number of aliphatic hydroxyl groups is 7. The number of hydrogen-bond acceptors (Lipinski definition) is 15. The van der Waals surface area contributed by atoms with Crippen molar-refractivity contribution in [2.45, 2.75) is 66.2 Å². The number of aliphatic hydroxyl groups excluding tert-OH is 7. The lowest BCUT2D eigenvalue weighted by Crippen LogP contribution is -2.65. The van der Waals surface area contributed by atoms with E-state index in [0.29, 0.717) is 16.7 Å². The van der Waals surface area contributed by atoms with Crippen LogP contribution in [-0.2, 0) is 24.2 Å². The van der Waals surface area contributed by atoms with Crippen LogP contribution in [0.2, 0.25) is 0 Å². The zero-order chi connectivity index (χ0) is 30.9. The van der Waals surface area contributed by atoms with Gasteiger partial charge in [-0.25, -0.2) is 13.4 Å². The standard InChI is InChI=1S/C26H32N4O12S/c31-10-16-19(33)20(34)23(37)26(41-16)42-24-17(11-32)40-25(22(36)21(24)35)28-12-5-7-13(8-6-12)43(38,39)30-18-9-27-14-3-1-2-4-15(14)29-18/h1-9,16-17,19-26,28,31-37H,10-11H2,(H,29,30)/t16-,17-,19+,20+,21-,22-,23-,24-,25-,26+/m1/s1. The maximum absolute atomic E-state index is 12.9. The van der Waals surface area contributed by atoms with E-state index in [4.69, 9.17) is 14.2 Å². The van der Waals surface area contributed by atoms with Crippen molar-refractivity contribution < 1.29 is 58.4 Å². The van der Waals surface area contributed by atoms with Crippen molar-refractivity contribution in [1.29, 1.82) is 0 Å². The number of sulfonamides is 1. The number of nitrogens with zero attached hydrogens (tertiary/aromatic N) is 2. The highest BCUT2D eigenvalue weighted by Gasteiger charge is 2.50. The molecule has 0 saturated carbocycles. The van der Waals surface area contributed by atoms with E-state index < -0.39 is 84.6 Å². The third-order valence-corrected chi connectivity index (χ3v) is 8.54. The Labute approximate surface area is 245 Å². The highest BCUT2D eigenvalue weighted by Crippen LogP contribution is 2.30. The number of aromatic nitrogens is 2. The van der Waals surface area contributed by atoms with Gasteiger partial charge >= 0.3 is 0 Å². The second-order valence-corrected chi connectivity index (χ2v) is 11.8. The van der Waals surface area contributed by atoms with Crippen LogP contribution in [0.3, 0.4) is 0 Å². The number of ether oxygens (including phenoxy) is 3. The summed E-state index contributed by atoms with van der Waals surface area (Å²) in [6.45, 7) is -1.41. The van der Waals surface area contributed by atoms with Crippen LogP contribution in [0.25, 0.3) is 11.0 Å². The minimum absolute atomic E-state index is 0.0316. The number of hydrogen-bond donors (Lipinski definition) is 9. The molecule has 5 rings (SSSR count). The van der Waals surface area contributed by atoms with Gasteiger partial charge in [-0.05, 0) is 36.4 Å². The predicted octanol–water partition coefficient (Wildman–Crippen LogP) is -2.53. The normalized spacial score (nSPS) is 33.3. The van der Waals surface area contributed by atoms with E-state index in [9.17, 15) is 44.2 Å². The van der Waals surface area contributed by atoms with Gasteiger partial charge < -0.3 is 55.3 Å². The number of rotatable bonds is 9. The van der Waals surface area contributed by atoms with Crippen molar-refractivity contribution in [3.8, 4) is 0 Å². The third-order valence-electron chi connectivity index (χ3n) is 7.17. The van der Waals surface area contributed by atoms with Crippen LogP contribution < -0.4 is 10.0 Å². The van der Waals surface area contributed by atoms with Gasteiger partial charge in [-0.2, -0.15) is 0 Å². The summed E-state index contributed by atoms with van der Waals surface area (Å²) in [7, 11) is -4.04. The Morgan fingerprint density at radius 3 is 2.14 bits per heavy atom. The predicted molar refractivity (Wildman–Crippen MR) is 147 cm³/mol. The zero-order valence-corrected chi connectivity index (χ0v) is 23.2. The maximum Gasteiger partial charge on any atom is 0.263 e. The largest absolute Gasteiger partial charge is 0.394 e. The molecule has 1 aromatic heterocycles. The minimum atomic E-state index is -4.04. The van der Waals surface area contributed by atoms with Crippen molar-refractivity contribution in [3.05, 3.63) is 54.7 Å². The smallest absolute Gasteiger partial charge is 0.263 e. The fraction of sp³-hybridized carbons (Fsp3) is 0.462. The summed E-state index contributed by atoms with van der Waals surface area (Å²) in [5.41, 5.74) is 1.41. The molecule has 43 heavy (non-hydrogen) atoms. The van der Waals surface area contributed by atoms with Gasteiger partial charge in [0, 0.05) is 5.69 Å². The van der Waals surface area contributed by atoms with Crippen LogP contribution in [0.15, 0.2) is 59.6 Å². The van der Waals surface area contributed by atoms with E-state index in [0.717, 1.165) is 0 Å². The molecule has 0 amide bonds. The molecule has 0 unspecified atom stereocenters. The summed E-state index contributed by atoms with van der Waals surface area (Å²) in [6, 6.07) is 12.4. The summed E-state index contributed by atoms with van der Waals surface area (Å²) in [5.74, 6) is 0.0316. The Hall–Kier alpha value is -3.07. The van der Waals surface area contributed by atoms with Gasteiger partial charge in [0.2, 0.25) is 0 Å². The van der Waals surface area contributed by atoms with Gasteiger partial charge in [-0.3, -0.25) is 9.71 Å². The maximum atomic E-state index is 12.9. The van der Waals surface area contributed by atoms with Crippen molar-refractivity contribution in [2.24, 2.45) is 0 Å². The molecule has 0 bridgehead atoms. The lowest BCUT2D eigenvalue weighted by molar-refractivity contribution is -0.340. The Kier molecular flexibility index (Phi) is 9.40. The molecule has 234 valence electrons. The van der Waals surface area contributed by atoms with Gasteiger partial charge in [-0.15, -0.1) is 0 Å². The molecule has 3 aromatic rings. The van der Waals surface area contributed by atoms with E-state index in [-0.39, 0.29) is 10.7 Å². The first-order valence-corrected chi connectivity index (χ1v) is 14.7. The molecular formula is C26H32N4O12S. The summed E-state index contributed by atoms with van der Waals surface area (Å²) in [6.07, 6.45) is -14.2. The summed E-state index contributed by atoms with van der Waals surface area (Å²) in [5, 5.41) is 73.9. The third kappa shape index (κ3) is 6.56. The van der Waals surface area contributed by atoms with Gasteiger partial charge in [-0.1, -0.05) is 12.1 Å². The van der Waals surface area contributed by atoms with Gasteiger partial charge in [0.25, 0.3) is 10.0 Å². The van der Waals surface area contributed by atoms with E-state index in [1.165, 1.54) is 30.5 Å². The number of fused-ring (bicyclic) bond motifs is 1. The molecule has 2 aliphatic heterocycles. The molecule has 17 heteroatoms. The SMILES string of the molecule is O=S(=O)(Nc1cnc2ccccc2n1)c1ccc(N[C@@H]2O[C@H](CO)[C@@H](O[C@@H]3O[C@H](CO)[C@H](O)[C@H](O)[C@H]3O)[C@H](O)[C@H]2O)cc1. The molecule has 16 nitrogen and oxygen atoms in total. The lowest BCUT2D eigenvalue weighted by Gasteiger charge is -2.46. The van der Waals surface area contributed by atoms with Crippen LogP contribution in [0.5, 0.6) is 0 Å². The second-order valence-electron chi connectivity index (χ2n) is 10.1. The Balaban J connectivity index is 1.24. The number of nitrogens with one attached hydrogen (secondary N) is 2. The van der Waals surface area contributed by atoms with E-state index >= 15 is 0 Å². The van der Waals surface area contributed by atoms with Gasteiger partial charge in [0.1, 0.15) is 48.8 Å². The van der Waals surface area contributed by atoms with Crippen molar-refractivity contribution in [1.82, 2.24) is 9.97 Å². The topological polar surface area (TPSA) is 253 Å². The molecule has 2 fully saturated rings. The highest BCUT2D eigenvalue weighted by atomic mass is 32.2. The van der Waals surface area contributed by atoms with Gasteiger partial charge in [0.05, 0.1) is 35.3 Å². The van der Waals surface area contributed by atoms with Gasteiger partial charge in [0.15, 0.2) is 18.3 Å². The Morgan fingerprint density at radius 1 is 0.791 bits per heavy atom. The Morgan fingerprint density at radius 2 is 1.47 bits per heavy atom. The van der Waals surface area contributed by atoms with Crippen molar-refractivity contribution >= 4 is 32.6 Å². The number of benzene rings is 2. The molecule has 10 atom stereocenters. The number of para-hydroxylation sites is 2. The average molecular weight is 625 g/mol. The van der Waals surface area contributed by atoms with Crippen molar-refractivity contribution in [2.75, 3.05) is 23.3 Å². The van der Waals surface area contributed by atoms with Crippen LogP contribution in [-0.4, -0.2) is 129 Å². The van der Waals surface area contributed by atoms with E-state index in [1.54, 1.807) is 24.3 Å². The molecule has 2 aliphatic rings. The highest BCUT2D eigenvalue weighted by molar-refractivity contribution is 7.92. The molecule has 2 aromatic carbocycles. The molecule has 0 aliphatic carbocycles. The first kappa shape index (κ1) is 31.4. The molecule has 0 spiro atoms. The molecule has 9 N–H and O–H groups in total. The lowest BCUT2D eigenvalue weighted by atomic mass is 9.96. The fourth-order valence-electron chi connectivity index (χ4n) is 4.81. The summed E-state index contributed by atoms with van der Waals surface area (Å²) in [4.78, 5) is 8.34. The minimum Gasteiger partial charge on any atom is -0.394 e. The number of anilines is 2. The summed E-state index contributed by atoms with van der Waals surface area (Å²) >= 11 is 0. The first-order valence-electron chi connectivity index (χ1n) is 13.2.